The number of carbonyl (C=O) groups excluding carboxylic acids is 5. The summed E-state index contributed by atoms with van der Waals surface area (Å²) >= 11 is 0. The first-order chi connectivity index (χ1) is 23.5. The second-order valence-electron chi connectivity index (χ2n) is 14.3. The van der Waals surface area contributed by atoms with Crippen LogP contribution in [0.4, 0.5) is 0 Å². The van der Waals surface area contributed by atoms with Crippen LogP contribution in [0.25, 0.3) is 0 Å². The third-order valence-corrected chi connectivity index (χ3v) is 10.6. The molecule has 3 fully saturated rings. The fourth-order valence-electron chi connectivity index (χ4n) is 8.23. The van der Waals surface area contributed by atoms with Crippen molar-refractivity contribution < 1.29 is 57.5 Å². The van der Waals surface area contributed by atoms with Gasteiger partial charge in [-0.25, -0.2) is 9.59 Å². The van der Waals surface area contributed by atoms with E-state index in [1.54, 1.807) is 81.4 Å². The minimum Gasteiger partial charge on any atom is -0.465 e. The maximum Gasteiger partial charge on any atom is 0.338 e. The Morgan fingerprint density at radius 1 is 0.820 bits per heavy atom. The van der Waals surface area contributed by atoms with Crippen molar-refractivity contribution in [2.45, 2.75) is 109 Å². The van der Waals surface area contributed by atoms with E-state index in [4.69, 9.17) is 28.4 Å². The Bertz CT molecular complexity index is 1600. The number of fused-ring (bicyclic) bond motifs is 1. The standard InChI is InChI=1S/C38H46O12/c1-8-22(2)32(41)48-29-28-30(46-24(4)40)38(50-35(28,5)6)36(7,44)20-19-27(47-33(42)25-15-11-9-12-16-25)37(38,21-45-23(3)39)31(29)49-34(43)26-17-13-10-14-18-26/h9-18,22,27-31,44H,8,19-21H2,1-7H3. The number of hydrogen-bond donors (Lipinski definition) is 1. The van der Waals surface area contributed by atoms with Crippen LogP contribution < -0.4 is 0 Å². The lowest BCUT2D eigenvalue weighted by molar-refractivity contribution is -0.347. The van der Waals surface area contributed by atoms with Crippen LogP contribution in [0.1, 0.15) is 88.4 Å². The van der Waals surface area contributed by atoms with Gasteiger partial charge in [0.2, 0.25) is 0 Å². The van der Waals surface area contributed by atoms with E-state index in [-0.39, 0.29) is 24.0 Å². The SMILES string of the molecule is CCC(C)C(=O)OC1C2C(OC(C)=O)C3(OC2(C)C)C(C)(O)CCC(OC(=O)c2ccccc2)C3(COC(C)=O)C1OC(=O)c1ccccc1. The van der Waals surface area contributed by atoms with Gasteiger partial charge in [0.05, 0.1) is 34.2 Å². The summed E-state index contributed by atoms with van der Waals surface area (Å²) in [5, 5.41) is 12.6. The fraction of sp³-hybridized carbons (Fsp3) is 0.553. The quantitative estimate of drug-likeness (QED) is 0.272. The van der Waals surface area contributed by atoms with E-state index < -0.39 is 94.9 Å². The Balaban J connectivity index is 1.84. The Labute approximate surface area is 291 Å². The summed E-state index contributed by atoms with van der Waals surface area (Å²) in [7, 11) is 0. The summed E-state index contributed by atoms with van der Waals surface area (Å²) in [5.41, 5.74) is -6.90. The normalized spacial score (nSPS) is 32.8. The Morgan fingerprint density at radius 3 is 1.90 bits per heavy atom. The van der Waals surface area contributed by atoms with Gasteiger partial charge in [-0.1, -0.05) is 50.2 Å². The zero-order chi connectivity index (χ0) is 36.6. The molecule has 9 atom stereocenters. The number of benzene rings is 2. The molecular weight excluding hydrogens is 648 g/mol. The van der Waals surface area contributed by atoms with E-state index in [9.17, 15) is 29.1 Å². The third kappa shape index (κ3) is 6.17. The van der Waals surface area contributed by atoms with E-state index in [0.717, 1.165) is 0 Å². The van der Waals surface area contributed by atoms with Crippen LogP contribution in [-0.2, 0) is 42.8 Å². The minimum absolute atomic E-state index is 0.0265. The smallest absolute Gasteiger partial charge is 0.338 e. The molecule has 12 nitrogen and oxygen atoms in total. The van der Waals surface area contributed by atoms with Gasteiger partial charge in [0.15, 0.2) is 11.7 Å². The summed E-state index contributed by atoms with van der Waals surface area (Å²) in [4.78, 5) is 67.3. The number of ether oxygens (including phenoxy) is 6. The van der Waals surface area contributed by atoms with Gasteiger partial charge >= 0.3 is 29.8 Å². The number of aliphatic hydroxyl groups is 1. The predicted molar refractivity (Wildman–Crippen MR) is 176 cm³/mol. The van der Waals surface area contributed by atoms with Crippen molar-refractivity contribution in [3.8, 4) is 0 Å². The van der Waals surface area contributed by atoms with Crippen LogP contribution >= 0.6 is 0 Å². The molecule has 2 aliphatic carbocycles. The molecule has 1 N–H and O–H groups in total. The highest BCUT2D eigenvalue weighted by atomic mass is 16.6. The Morgan fingerprint density at radius 2 is 1.38 bits per heavy atom. The number of rotatable bonds is 10. The summed E-state index contributed by atoms with van der Waals surface area (Å²) in [6.07, 6.45) is -5.27. The Kier molecular flexibility index (Phi) is 10.2. The number of carbonyl (C=O) groups is 5. The van der Waals surface area contributed by atoms with E-state index in [1.807, 2.05) is 6.92 Å². The summed E-state index contributed by atoms with van der Waals surface area (Å²) in [6, 6.07) is 16.3. The topological polar surface area (TPSA) is 161 Å². The van der Waals surface area contributed by atoms with Gasteiger partial charge in [-0.3, -0.25) is 14.4 Å². The molecule has 0 aromatic heterocycles. The summed E-state index contributed by atoms with van der Waals surface area (Å²) in [5.74, 6) is -5.27. The maximum atomic E-state index is 14.1. The molecule has 0 radical (unpaired) electrons. The predicted octanol–water partition coefficient (Wildman–Crippen LogP) is 4.60. The van der Waals surface area contributed by atoms with Gasteiger partial charge in [0.25, 0.3) is 0 Å². The molecule has 9 unspecified atom stereocenters. The molecule has 2 saturated carbocycles. The van der Waals surface area contributed by atoms with Crippen LogP contribution in [0, 0.1) is 17.3 Å². The van der Waals surface area contributed by atoms with Crippen molar-refractivity contribution >= 4 is 29.8 Å². The fourth-order valence-corrected chi connectivity index (χ4v) is 8.23. The van der Waals surface area contributed by atoms with Gasteiger partial charge in [0.1, 0.15) is 30.3 Å². The average Bonchev–Trinajstić information content (AvgIpc) is 3.27. The van der Waals surface area contributed by atoms with E-state index in [1.165, 1.54) is 20.8 Å². The average molecular weight is 695 g/mol. The summed E-state index contributed by atoms with van der Waals surface area (Å²) < 4.78 is 37.8. The number of esters is 5. The molecule has 3 aliphatic rings. The Hall–Kier alpha value is -4.29. The molecule has 2 aromatic rings. The van der Waals surface area contributed by atoms with Crippen molar-refractivity contribution in [1.82, 2.24) is 0 Å². The second kappa shape index (κ2) is 13.8. The maximum absolute atomic E-state index is 14.1. The largest absolute Gasteiger partial charge is 0.465 e. The first kappa shape index (κ1) is 37.0. The van der Waals surface area contributed by atoms with Crippen molar-refractivity contribution in [3.05, 3.63) is 71.8 Å². The summed E-state index contributed by atoms with van der Waals surface area (Å²) in [6.45, 7) is 10.1. The molecule has 5 rings (SSSR count). The van der Waals surface area contributed by atoms with E-state index >= 15 is 0 Å². The molecule has 2 bridgehead atoms. The molecule has 2 aromatic carbocycles. The molecule has 1 heterocycles. The highest BCUT2D eigenvalue weighted by Gasteiger charge is 2.87. The van der Waals surface area contributed by atoms with Crippen LogP contribution in [-0.4, -0.2) is 82.8 Å². The van der Waals surface area contributed by atoms with Gasteiger partial charge in [-0.05, 0) is 64.3 Å². The third-order valence-electron chi connectivity index (χ3n) is 10.6. The van der Waals surface area contributed by atoms with Crippen molar-refractivity contribution in [2.75, 3.05) is 6.61 Å². The first-order valence-electron chi connectivity index (χ1n) is 17.0. The molecule has 270 valence electrons. The molecule has 1 spiro atoms. The minimum atomic E-state index is -2.05. The zero-order valence-corrected chi connectivity index (χ0v) is 29.5. The monoisotopic (exact) mass is 694 g/mol. The number of hydrogen-bond acceptors (Lipinski definition) is 12. The molecule has 0 amide bonds. The molecule has 50 heavy (non-hydrogen) atoms. The van der Waals surface area contributed by atoms with E-state index in [2.05, 4.69) is 0 Å². The van der Waals surface area contributed by atoms with Crippen LogP contribution in [0.15, 0.2) is 60.7 Å². The van der Waals surface area contributed by atoms with Crippen LogP contribution in [0.2, 0.25) is 0 Å². The second-order valence-corrected chi connectivity index (χ2v) is 14.3. The highest BCUT2D eigenvalue weighted by molar-refractivity contribution is 5.90. The van der Waals surface area contributed by atoms with Gasteiger partial charge in [0, 0.05) is 13.8 Å². The van der Waals surface area contributed by atoms with Crippen molar-refractivity contribution in [3.63, 3.8) is 0 Å². The van der Waals surface area contributed by atoms with Crippen LogP contribution in [0.3, 0.4) is 0 Å². The first-order valence-corrected chi connectivity index (χ1v) is 17.0. The molecule has 12 heteroatoms. The lowest BCUT2D eigenvalue weighted by Gasteiger charge is -2.65. The highest BCUT2D eigenvalue weighted by Crippen LogP contribution is 2.69. The van der Waals surface area contributed by atoms with Crippen LogP contribution in [0.5, 0.6) is 0 Å². The lowest BCUT2D eigenvalue weighted by atomic mass is 9.46. The molecular formula is C38H46O12. The molecule has 1 aliphatic heterocycles. The van der Waals surface area contributed by atoms with Gasteiger partial charge in [-0.15, -0.1) is 0 Å². The molecule has 1 saturated heterocycles. The van der Waals surface area contributed by atoms with Gasteiger partial charge < -0.3 is 33.5 Å². The van der Waals surface area contributed by atoms with Gasteiger partial charge in [-0.2, -0.15) is 0 Å². The zero-order valence-electron chi connectivity index (χ0n) is 29.5. The lowest BCUT2D eigenvalue weighted by Crippen LogP contribution is -2.83. The van der Waals surface area contributed by atoms with Crippen molar-refractivity contribution in [2.24, 2.45) is 17.3 Å². The van der Waals surface area contributed by atoms with E-state index in [0.29, 0.717) is 6.42 Å². The van der Waals surface area contributed by atoms with Crippen molar-refractivity contribution in [1.29, 1.82) is 0 Å².